The van der Waals surface area contributed by atoms with Crippen molar-refractivity contribution in [2.75, 3.05) is 18.4 Å². The van der Waals surface area contributed by atoms with Gasteiger partial charge in [-0.2, -0.15) is 0 Å². The van der Waals surface area contributed by atoms with Crippen molar-refractivity contribution in [3.8, 4) is 0 Å². The predicted molar refractivity (Wildman–Crippen MR) is 113 cm³/mol. The van der Waals surface area contributed by atoms with Crippen LogP contribution in [0.1, 0.15) is 30.7 Å². The van der Waals surface area contributed by atoms with Gasteiger partial charge < -0.3 is 5.32 Å². The van der Waals surface area contributed by atoms with Crippen molar-refractivity contribution >= 4 is 44.7 Å². The molecule has 1 atom stereocenters. The first kappa shape index (κ1) is 18.4. The summed E-state index contributed by atoms with van der Waals surface area (Å²) in [4.78, 5) is 19.7. The lowest BCUT2D eigenvalue weighted by atomic mass is 9.96. The molecular weight excluding hydrogens is 378 g/mol. The molecule has 1 unspecified atom stereocenters. The van der Waals surface area contributed by atoms with Crippen molar-refractivity contribution in [3.63, 3.8) is 0 Å². The topological polar surface area (TPSA) is 45.2 Å². The van der Waals surface area contributed by atoms with Crippen LogP contribution in [-0.2, 0) is 4.79 Å². The summed E-state index contributed by atoms with van der Waals surface area (Å²) in [5.74, 6) is 0.471. The molecule has 27 heavy (non-hydrogen) atoms. The van der Waals surface area contributed by atoms with Crippen LogP contribution >= 0.6 is 22.9 Å². The molecule has 0 radical (unpaired) electrons. The van der Waals surface area contributed by atoms with Gasteiger partial charge in [-0.1, -0.05) is 35.9 Å². The van der Waals surface area contributed by atoms with E-state index in [-0.39, 0.29) is 11.9 Å². The molecule has 0 spiro atoms. The second kappa shape index (κ2) is 7.97. The van der Waals surface area contributed by atoms with Gasteiger partial charge in [-0.05, 0) is 57.1 Å². The average molecular weight is 400 g/mol. The van der Waals surface area contributed by atoms with Crippen LogP contribution in [0, 0.1) is 0 Å². The number of thiazole rings is 1. The number of amides is 1. The molecule has 4 rings (SSSR count). The van der Waals surface area contributed by atoms with E-state index in [2.05, 4.69) is 28.4 Å². The summed E-state index contributed by atoms with van der Waals surface area (Å²) >= 11 is 7.94. The number of hydrogen-bond donors (Lipinski definition) is 1. The maximum absolute atomic E-state index is 12.6. The zero-order valence-electron chi connectivity index (χ0n) is 15.2. The van der Waals surface area contributed by atoms with Crippen molar-refractivity contribution in [2.45, 2.75) is 31.7 Å². The molecule has 2 heterocycles. The lowest BCUT2D eigenvalue weighted by Gasteiger charge is -2.34. The zero-order chi connectivity index (χ0) is 18.8. The van der Waals surface area contributed by atoms with Gasteiger partial charge in [-0.25, -0.2) is 4.98 Å². The summed E-state index contributed by atoms with van der Waals surface area (Å²) in [7, 11) is 0. The molecule has 2 aromatic carbocycles. The maximum atomic E-state index is 12.6. The molecule has 0 bridgehead atoms. The SMILES string of the molecule is CC(C(=O)Nc1ccccc1Cl)N1CCC(c2nc3ccccc3s2)CC1. The minimum Gasteiger partial charge on any atom is -0.323 e. The van der Waals surface area contributed by atoms with Crippen molar-refractivity contribution in [1.82, 2.24) is 9.88 Å². The van der Waals surface area contributed by atoms with Gasteiger partial charge in [-0.15, -0.1) is 11.3 Å². The molecule has 1 aromatic heterocycles. The smallest absolute Gasteiger partial charge is 0.241 e. The maximum Gasteiger partial charge on any atom is 0.241 e. The van der Waals surface area contributed by atoms with Crippen LogP contribution in [-0.4, -0.2) is 34.9 Å². The normalized spacial score (nSPS) is 17.1. The number of likely N-dealkylation sites (tertiary alicyclic amines) is 1. The molecular formula is C21H22ClN3OS. The number of carbonyl (C=O) groups excluding carboxylic acids is 1. The predicted octanol–water partition coefficient (Wildman–Crippen LogP) is 5.16. The summed E-state index contributed by atoms with van der Waals surface area (Å²) < 4.78 is 1.25. The van der Waals surface area contributed by atoms with Crippen LogP contribution in [0.2, 0.25) is 5.02 Å². The van der Waals surface area contributed by atoms with E-state index >= 15 is 0 Å². The number of benzene rings is 2. The summed E-state index contributed by atoms with van der Waals surface area (Å²) in [5.41, 5.74) is 1.76. The number of halogens is 1. The number of nitrogens with zero attached hydrogens (tertiary/aromatic N) is 2. The molecule has 1 N–H and O–H groups in total. The highest BCUT2D eigenvalue weighted by Crippen LogP contribution is 2.34. The van der Waals surface area contributed by atoms with E-state index in [0.29, 0.717) is 16.6 Å². The Bertz CT molecular complexity index is 916. The van der Waals surface area contributed by atoms with Crippen LogP contribution in [0.3, 0.4) is 0 Å². The van der Waals surface area contributed by atoms with Crippen molar-refractivity contribution in [3.05, 3.63) is 58.6 Å². The molecule has 1 saturated heterocycles. The number of fused-ring (bicyclic) bond motifs is 1. The van der Waals surface area contributed by atoms with Crippen LogP contribution in [0.4, 0.5) is 5.69 Å². The summed E-state index contributed by atoms with van der Waals surface area (Å²) in [6.07, 6.45) is 2.06. The quantitative estimate of drug-likeness (QED) is 0.659. The first-order chi connectivity index (χ1) is 13.1. The van der Waals surface area contributed by atoms with Crippen molar-refractivity contribution in [1.29, 1.82) is 0 Å². The molecule has 1 fully saturated rings. The minimum absolute atomic E-state index is 0.0125. The van der Waals surface area contributed by atoms with Gasteiger partial charge >= 0.3 is 0 Å². The van der Waals surface area contributed by atoms with E-state index in [4.69, 9.17) is 16.6 Å². The monoisotopic (exact) mass is 399 g/mol. The van der Waals surface area contributed by atoms with Gasteiger partial charge in [0.25, 0.3) is 0 Å². The Hall–Kier alpha value is -1.95. The summed E-state index contributed by atoms with van der Waals surface area (Å²) in [6, 6.07) is 15.5. The molecule has 1 amide bonds. The second-order valence-electron chi connectivity index (χ2n) is 6.98. The summed E-state index contributed by atoms with van der Waals surface area (Å²) in [6.45, 7) is 3.76. The fraction of sp³-hybridized carbons (Fsp3) is 0.333. The van der Waals surface area contributed by atoms with Gasteiger partial charge in [-0.3, -0.25) is 9.69 Å². The number of nitrogens with one attached hydrogen (secondary N) is 1. The minimum atomic E-state index is -0.183. The Balaban J connectivity index is 1.36. The highest BCUT2D eigenvalue weighted by molar-refractivity contribution is 7.18. The Morgan fingerprint density at radius 2 is 1.89 bits per heavy atom. The van der Waals surface area contributed by atoms with Gasteiger partial charge in [0, 0.05) is 5.92 Å². The number of hydrogen-bond acceptors (Lipinski definition) is 4. The molecule has 0 aliphatic carbocycles. The number of para-hydroxylation sites is 2. The van der Waals surface area contributed by atoms with Gasteiger partial charge in [0.2, 0.25) is 5.91 Å². The summed E-state index contributed by atoms with van der Waals surface area (Å²) in [5, 5.41) is 4.73. The Morgan fingerprint density at radius 3 is 2.63 bits per heavy atom. The lowest BCUT2D eigenvalue weighted by molar-refractivity contribution is -0.121. The number of aromatic nitrogens is 1. The standard InChI is InChI=1S/C21H22ClN3OS/c1-14(20(26)23-17-7-3-2-6-16(17)22)25-12-10-15(11-13-25)21-24-18-8-4-5-9-19(18)27-21/h2-9,14-15H,10-13H2,1H3,(H,23,26). The van der Waals surface area contributed by atoms with E-state index in [1.54, 1.807) is 17.4 Å². The molecule has 1 aliphatic heterocycles. The number of carbonyl (C=O) groups is 1. The molecule has 0 saturated carbocycles. The van der Waals surface area contributed by atoms with E-state index < -0.39 is 0 Å². The highest BCUT2D eigenvalue weighted by atomic mass is 35.5. The van der Waals surface area contributed by atoms with E-state index in [1.165, 1.54) is 9.71 Å². The molecule has 6 heteroatoms. The second-order valence-corrected chi connectivity index (χ2v) is 8.44. The molecule has 4 nitrogen and oxygen atoms in total. The Kier molecular flexibility index (Phi) is 5.43. The highest BCUT2D eigenvalue weighted by Gasteiger charge is 2.28. The molecule has 3 aromatic rings. The van der Waals surface area contributed by atoms with Gasteiger partial charge in [0.15, 0.2) is 0 Å². The number of rotatable bonds is 4. The van der Waals surface area contributed by atoms with Gasteiger partial charge in [0.1, 0.15) is 0 Å². The molecule has 140 valence electrons. The third-order valence-electron chi connectivity index (χ3n) is 5.25. The first-order valence-corrected chi connectivity index (χ1v) is 10.5. The van der Waals surface area contributed by atoms with E-state index in [9.17, 15) is 4.79 Å². The number of anilines is 1. The van der Waals surface area contributed by atoms with Gasteiger partial charge in [0.05, 0.1) is 32.0 Å². The fourth-order valence-electron chi connectivity index (χ4n) is 3.56. The average Bonchev–Trinajstić information content (AvgIpc) is 3.13. The lowest BCUT2D eigenvalue weighted by Crippen LogP contribution is -2.45. The third kappa shape index (κ3) is 4.00. The van der Waals surface area contributed by atoms with Crippen molar-refractivity contribution < 1.29 is 4.79 Å². The zero-order valence-corrected chi connectivity index (χ0v) is 16.8. The largest absolute Gasteiger partial charge is 0.323 e. The van der Waals surface area contributed by atoms with Crippen LogP contribution in [0.25, 0.3) is 10.2 Å². The van der Waals surface area contributed by atoms with Crippen LogP contribution in [0.15, 0.2) is 48.5 Å². The van der Waals surface area contributed by atoms with E-state index in [1.807, 2.05) is 31.2 Å². The third-order valence-corrected chi connectivity index (χ3v) is 6.78. The van der Waals surface area contributed by atoms with Crippen LogP contribution in [0.5, 0.6) is 0 Å². The first-order valence-electron chi connectivity index (χ1n) is 9.27. The van der Waals surface area contributed by atoms with Crippen molar-refractivity contribution in [2.24, 2.45) is 0 Å². The van der Waals surface area contributed by atoms with Crippen LogP contribution < -0.4 is 5.32 Å². The fourth-order valence-corrected chi connectivity index (χ4v) is 4.88. The molecule has 1 aliphatic rings. The Morgan fingerprint density at radius 1 is 1.19 bits per heavy atom. The number of piperidine rings is 1. The Labute approximate surface area is 168 Å². The van der Waals surface area contributed by atoms with E-state index in [0.717, 1.165) is 31.4 Å².